The first-order valence-electron chi connectivity index (χ1n) is 11.8. The van der Waals surface area contributed by atoms with Crippen LogP contribution in [0, 0.1) is 24.7 Å². The van der Waals surface area contributed by atoms with E-state index in [0.29, 0.717) is 0 Å². The van der Waals surface area contributed by atoms with Gasteiger partial charge in [0.05, 0.1) is 0 Å². The Labute approximate surface area is 190 Å². The normalized spacial score (nSPS) is 20.8. The summed E-state index contributed by atoms with van der Waals surface area (Å²) in [5.74, 6) is 2.37. The van der Waals surface area contributed by atoms with Crippen LogP contribution < -0.4 is 0 Å². The smallest absolute Gasteiger partial charge is 0.0342 e. The zero-order chi connectivity index (χ0) is 22.5. The minimum Gasteiger partial charge on any atom is -0.305 e. The third kappa shape index (κ3) is 9.18. The highest BCUT2D eigenvalue weighted by Gasteiger charge is 2.29. The molecule has 0 saturated carbocycles. The molecule has 0 radical (unpaired) electrons. The third-order valence-electron chi connectivity index (χ3n) is 6.06. The number of nitrogens with zero attached hydrogens (tertiary/aromatic N) is 3. The summed E-state index contributed by atoms with van der Waals surface area (Å²) in [6.45, 7) is 12.7. The summed E-state index contributed by atoms with van der Waals surface area (Å²) in [5.41, 5.74) is 4.05. The van der Waals surface area contributed by atoms with Gasteiger partial charge in [0.25, 0.3) is 0 Å². The Bertz CT molecular complexity index is 769. The monoisotopic (exact) mass is 419 g/mol. The van der Waals surface area contributed by atoms with Crippen molar-refractivity contribution in [1.82, 2.24) is 14.9 Å². The number of piperidine rings is 1. The summed E-state index contributed by atoms with van der Waals surface area (Å²) in [6, 6.07) is 8.17. The first-order chi connectivity index (χ1) is 15.0. The molecule has 0 aromatic carbocycles. The van der Waals surface area contributed by atoms with Gasteiger partial charge in [-0.15, -0.1) is 6.58 Å². The van der Waals surface area contributed by atoms with Crippen LogP contribution in [-0.2, 0) is 0 Å². The fourth-order valence-corrected chi connectivity index (χ4v) is 4.50. The summed E-state index contributed by atoms with van der Waals surface area (Å²) < 4.78 is 0. The molecule has 2 aromatic rings. The molecule has 1 aliphatic heterocycles. The Kier molecular flexibility index (Phi) is 11.2. The first kappa shape index (κ1) is 25.0. The molecule has 31 heavy (non-hydrogen) atoms. The molecule has 3 atom stereocenters. The number of pyridine rings is 2. The van der Waals surface area contributed by atoms with Crippen molar-refractivity contribution >= 4 is 5.57 Å². The number of rotatable bonds is 5. The molecule has 3 unspecified atom stereocenters. The quantitative estimate of drug-likeness (QED) is 0.498. The molecular weight excluding hydrogens is 378 g/mol. The van der Waals surface area contributed by atoms with E-state index in [4.69, 9.17) is 0 Å². The van der Waals surface area contributed by atoms with Gasteiger partial charge in [0.2, 0.25) is 0 Å². The van der Waals surface area contributed by atoms with Gasteiger partial charge in [-0.1, -0.05) is 44.6 Å². The van der Waals surface area contributed by atoms with Gasteiger partial charge >= 0.3 is 0 Å². The Morgan fingerprint density at radius 2 is 1.87 bits per heavy atom. The van der Waals surface area contributed by atoms with E-state index in [0.717, 1.165) is 17.8 Å². The number of hydrogen-bond donors (Lipinski definition) is 0. The SMILES string of the molecule is C=CC(CC)CCC.CN1CC2C=C(c3cccnc3)CC(C2)C1.Cc1cccnc1. The van der Waals surface area contributed by atoms with Crippen molar-refractivity contribution in [2.45, 2.75) is 52.9 Å². The summed E-state index contributed by atoms with van der Waals surface area (Å²) in [7, 11) is 2.24. The minimum atomic E-state index is 0.757. The molecule has 3 heterocycles. The molecule has 0 spiro atoms. The molecule has 168 valence electrons. The second kappa shape index (κ2) is 13.9. The number of aromatic nitrogens is 2. The molecular formula is C28H41N3. The van der Waals surface area contributed by atoms with Gasteiger partial charge in [-0.25, -0.2) is 0 Å². The van der Waals surface area contributed by atoms with E-state index < -0.39 is 0 Å². The van der Waals surface area contributed by atoms with Crippen LogP contribution >= 0.6 is 0 Å². The maximum Gasteiger partial charge on any atom is 0.0342 e. The van der Waals surface area contributed by atoms with Gasteiger partial charge in [-0.05, 0) is 86.2 Å². The summed E-state index contributed by atoms with van der Waals surface area (Å²) in [5, 5.41) is 0. The predicted octanol–water partition coefficient (Wildman–Crippen LogP) is 6.83. The van der Waals surface area contributed by atoms with Crippen molar-refractivity contribution in [2.24, 2.45) is 17.8 Å². The van der Waals surface area contributed by atoms with Crippen molar-refractivity contribution in [3.63, 3.8) is 0 Å². The van der Waals surface area contributed by atoms with Crippen LogP contribution in [0.15, 0.2) is 67.8 Å². The van der Waals surface area contributed by atoms with Gasteiger partial charge in [-0.3, -0.25) is 9.97 Å². The minimum absolute atomic E-state index is 0.757. The second-order valence-electron chi connectivity index (χ2n) is 8.94. The van der Waals surface area contributed by atoms with Crippen molar-refractivity contribution in [3.8, 4) is 0 Å². The van der Waals surface area contributed by atoms with Crippen LogP contribution in [0.2, 0.25) is 0 Å². The number of fused-ring (bicyclic) bond motifs is 2. The molecule has 1 fully saturated rings. The van der Waals surface area contributed by atoms with Crippen LogP contribution in [0.4, 0.5) is 0 Å². The fraction of sp³-hybridized carbons (Fsp3) is 0.500. The fourth-order valence-electron chi connectivity index (χ4n) is 4.50. The number of aryl methyl sites for hydroxylation is 1. The average Bonchev–Trinajstić information content (AvgIpc) is 2.78. The maximum atomic E-state index is 4.22. The molecule has 2 aromatic heterocycles. The summed E-state index contributed by atoms with van der Waals surface area (Å²) in [4.78, 5) is 10.6. The van der Waals surface area contributed by atoms with Crippen LogP contribution in [0.3, 0.4) is 0 Å². The number of hydrogen-bond acceptors (Lipinski definition) is 3. The van der Waals surface area contributed by atoms with Crippen molar-refractivity contribution < 1.29 is 0 Å². The topological polar surface area (TPSA) is 29.0 Å². The van der Waals surface area contributed by atoms with Gasteiger partial charge < -0.3 is 4.90 Å². The lowest BCUT2D eigenvalue weighted by Crippen LogP contribution is -2.39. The zero-order valence-electron chi connectivity index (χ0n) is 20.0. The zero-order valence-corrected chi connectivity index (χ0v) is 20.0. The summed E-state index contributed by atoms with van der Waals surface area (Å²) >= 11 is 0. The Morgan fingerprint density at radius 1 is 1.13 bits per heavy atom. The molecule has 2 aliphatic rings. The lowest BCUT2D eigenvalue weighted by atomic mass is 9.77. The van der Waals surface area contributed by atoms with Crippen LogP contribution in [0.25, 0.3) is 5.57 Å². The van der Waals surface area contributed by atoms with E-state index in [1.165, 1.54) is 61.9 Å². The van der Waals surface area contributed by atoms with E-state index >= 15 is 0 Å². The predicted molar refractivity (Wildman–Crippen MR) is 134 cm³/mol. The molecule has 3 heteroatoms. The van der Waals surface area contributed by atoms with E-state index in [2.05, 4.69) is 60.6 Å². The molecule has 1 aliphatic carbocycles. The molecule has 4 rings (SSSR count). The Hall–Kier alpha value is -2.26. The lowest BCUT2D eigenvalue weighted by molar-refractivity contribution is 0.170. The van der Waals surface area contributed by atoms with Crippen molar-refractivity contribution in [3.05, 3.63) is 78.9 Å². The highest BCUT2D eigenvalue weighted by atomic mass is 15.1. The van der Waals surface area contributed by atoms with Crippen LogP contribution in [-0.4, -0.2) is 35.0 Å². The molecule has 3 nitrogen and oxygen atoms in total. The molecule has 0 amide bonds. The second-order valence-corrected chi connectivity index (χ2v) is 8.94. The van der Waals surface area contributed by atoms with E-state index in [9.17, 15) is 0 Å². The third-order valence-corrected chi connectivity index (χ3v) is 6.06. The van der Waals surface area contributed by atoms with Crippen molar-refractivity contribution in [2.75, 3.05) is 20.1 Å². The van der Waals surface area contributed by atoms with Gasteiger partial charge in [0.15, 0.2) is 0 Å². The molecule has 1 saturated heterocycles. The Balaban J connectivity index is 0.000000192. The van der Waals surface area contributed by atoms with Gasteiger partial charge in [0, 0.05) is 37.9 Å². The number of likely N-dealkylation sites (tertiary alicyclic amines) is 1. The van der Waals surface area contributed by atoms with Crippen LogP contribution in [0.1, 0.15) is 57.1 Å². The maximum absolute atomic E-state index is 4.22. The van der Waals surface area contributed by atoms with E-state index in [-0.39, 0.29) is 0 Å². The highest BCUT2D eigenvalue weighted by Crippen LogP contribution is 2.37. The van der Waals surface area contributed by atoms with E-state index in [1.54, 1.807) is 6.20 Å². The lowest BCUT2D eigenvalue weighted by Gasteiger charge is -2.38. The summed E-state index contributed by atoms with van der Waals surface area (Å²) in [6.07, 6.45) is 18.4. The molecule has 0 N–H and O–H groups in total. The first-order valence-corrected chi connectivity index (χ1v) is 11.8. The molecule has 2 bridgehead atoms. The van der Waals surface area contributed by atoms with Crippen molar-refractivity contribution in [1.29, 1.82) is 0 Å². The highest BCUT2D eigenvalue weighted by molar-refractivity contribution is 5.66. The van der Waals surface area contributed by atoms with Crippen LogP contribution in [0.5, 0.6) is 0 Å². The number of allylic oxidation sites excluding steroid dienone is 2. The average molecular weight is 420 g/mol. The standard InChI is InChI=1S/C14H18N2.C8H16.C6H7N/c1-16-9-11-5-12(10-16)7-14(6-11)13-3-2-4-15-8-13;1-4-7-8(5-2)6-3;1-6-3-2-4-7-5-6/h2-4,6,8,11-12H,5,7,9-10H2,1H3;5,8H,2,4,6-7H2,1,3H3;2-5H,1H3. The largest absolute Gasteiger partial charge is 0.305 e. The Morgan fingerprint density at radius 3 is 2.32 bits per heavy atom. The van der Waals surface area contributed by atoms with Gasteiger partial charge in [0.1, 0.15) is 0 Å². The van der Waals surface area contributed by atoms with E-state index in [1.807, 2.05) is 43.7 Å². The van der Waals surface area contributed by atoms with Gasteiger partial charge in [-0.2, -0.15) is 0 Å².